The summed E-state index contributed by atoms with van der Waals surface area (Å²) >= 11 is 0. The lowest BCUT2D eigenvalue weighted by molar-refractivity contribution is -0.144. The minimum atomic E-state index is -0.727. The first-order chi connectivity index (χ1) is 6.58. The van der Waals surface area contributed by atoms with Gasteiger partial charge >= 0.3 is 5.97 Å². The van der Waals surface area contributed by atoms with Crippen molar-refractivity contribution >= 4 is 5.97 Å². The lowest BCUT2D eigenvalue weighted by Gasteiger charge is -2.25. The highest BCUT2D eigenvalue weighted by molar-refractivity contribution is 5.78. The SMILES string of the molecule is CCCC(C)(NCCC1CC1)C(=O)O. The van der Waals surface area contributed by atoms with Gasteiger partial charge in [-0.15, -0.1) is 0 Å². The molecule has 14 heavy (non-hydrogen) atoms. The molecular formula is C11H21NO2. The second kappa shape index (κ2) is 4.78. The van der Waals surface area contributed by atoms with Gasteiger partial charge in [0.15, 0.2) is 0 Å². The van der Waals surface area contributed by atoms with Crippen LogP contribution in [0.3, 0.4) is 0 Å². The Bertz CT molecular complexity index is 201. The minimum Gasteiger partial charge on any atom is -0.480 e. The highest BCUT2D eigenvalue weighted by Crippen LogP contribution is 2.32. The van der Waals surface area contributed by atoms with E-state index in [-0.39, 0.29) is 0 Å². The van der Waals surface area contributed by atoms with Crippen LogP contribution in [0, 0.1) is 5.92 Å². The summed E-state index contributed by atoms with van der Waals surface area (Å²) in [6, 6.07) is 0. The summed E-state index contributed by atoms with van der Waals surface area (Å²) in [5.74, 6) is 0.136. The molecular weight excluding hydrogens is 178 g/mol. The van der Waals surface area contributed by atoms with Gasteiger partial charge in [-0.05, 0) is 32.2 Å². The van der Waals surface area contributed by atoms with E-state index in [9.17, 15) is 4.79 Å². The summed E-state index contributed by atoms with van der Waals surface area (Å²) in [7, 11) is 0. The number of aliphatic carboxylic acids is 1. The van der Waals surface area contributed by atoms with Crippen LogP contribution in [-0.2, 0) is 4.79 Å². The molecule has 0 spiro atoms. The molecule has 0 saturated heterocycles. The molecule has 3 heteroatoms. The van der Waals surface area contributed by atoms with Gasteiger partial charge < -0.3 is 10.4 Å². The van der Waals surface area contributed by atoms with E-state index in [1.165, 1.54) is 12.8 Å². The van der Waals surface area contributed by atoms with Crippen LogP contribution in [-0.4, -0.2) is 23.2 Å². The predicted octanol–water partition coefficient (Wildman–Crippen LogP) is 2.02. The van der Waals surface area contributed by atoms with Gasteiger partial charge in [0, 0.05) is 0 Å². The van der Waals surface area contributed by atoms with Crippen molar-refractivity contribution in [2.24, 2.45) is 5.92 Å². The lowest BCUT2D eigenvalue weighted by Crippen LogP contribution is -2.49. The molecule has 1 aliphatic carbocycles. The second-order valence-corrected chi connectivity index (χ2v) is 4.55. The molecule has 1 saturated carbocycles. The summed E-state index contributed by atoms with van der Waals surface area (Å²) < 4.78 is 0. The molecule has 1 fully saturated rings. The van der Waals surface area contributed by atoms with Gasteiger partial charge in [-0.25, -0.2) is 0 Å². The van der Waals surface area contributed by atoms with Crippen molar-refractivity contribution < 1.29 is 9.90 Å². The zero-order chi connectivity index (χ0) is 10.6. The molecule has 2 N–H and O–H groups in total. The number of hydrogen-bond acceptors (Lipinski definition) is 2. The number of carbonyl (C=O) groups is 1. The first-order valence-corrected chi connectivity index (χ1v) is 5.57. The molecule has 0 heterocycles. The van der Waals surface area contributed by atoms with Crippen LogP contribution in [0.5, 0.6) is 0 Å². The Labute approximate surface area is 85.9 Å². The predicted molar refractivity (Wildman–Crippen MR) is 56.3 cm³/mol. The van der Waals surface area contributed by atoms with Crippen LogP contribution in [0.15, 0.2) is 0 Å². The third-order valence-electron chi connectivity index (χ3n) is 2.99. The molecule has 1 rings (SSSR count). The molecule has 0 radical (unpaired) electrons. The van der Waals surface area contributed by atoms with Crippen molar-refractivity contribution in [1.82, 2.24) is 5.32 Å². The normalized spacial score (nSPS) is 20.4. The van der Waals surface area contributed by atoms with E-state index < -0.39 is 11.5 Å². The molecule has 0 amide bonds. The van der Waals surface area contributed by atoms with E-state index in [1.54, 1.807) is 6.92 Å². The Morgan fingerprint density at radius 1 is 1.57 bits per heavy atom. The maximum atomic E-state index is 11.0. The van der Waals surface area contributed by atoms with Crippen LogP contribution in [0.1, 0.15) is 46.0 Å². The fourth-order valence-electron chi connectivity index (χ4n) is 1.73. The highest BCUT2D eigenvalue weighted by atomic mass is 16.4. The van der Waals surface area contributed by atoms with Gasteiger partial charge in [0.05, 0.1) is 0 Å². The maximum absolute atomic E-state index is 11.0. The van der Waals surface area contributed by atoms with Gasteiger partial charge in [0.2, 0.25) is 0 Å². The first-order valence-electron chi connectivity index (χ1n) is 5.57. The lowest BCUT2D eigenvalue weighted by atomic mass is 9.96. The molecule has 1 unspecified atom stereocenters. The number of hydrogen-bond donors (Lipinski definition) is 2. The molecule has 82 valence electrons. The Kier molecular flexibility index (Phi) is 3.93. The fourth-order valence-corrected chi connectivity index (χ4v) is 1.73. The van der Waals surface area contributed by atoms with Crippen molar-refractivity contribution in [1.29, 1.82) is 0 Å². The number of carboxylic acids is 1. The number of rotatable bonds is 7. The second-order valence-electron chi connectivity index (χ2n) is 4.55. The number of carboxylic acid groups (broad SMARTS) is 1. The van der Waals surface area contributed by atoms with E-state index in [1.807, 2.05) is 6.92 Å². The molecule has 3 nitrogen and oxygen atoms in total. The fraction of sp³-hybridized carbons (Fsp3) is 0.909. The highest BCUT2D eigenvalue weighted by Gasteiger charge is 2.31. The van der Waals surface area contributed by atoms with Crippen LogP contribution in [0.2, 0.25) is 0 Å². The zero-order valence-corrected chi connectivity index (χ0v) is 9.18. The number of nitrogens with one attached hydrogen (secondary N) is 1. The maximum Gasteiger partial charge on any atom is 0.323 e. The van der Waals surface area contributed by atoms with Gasteiger partial charge in [-0.2, -0.15) is 0 Å². The summed E-state index contributed by atoms with van der Waals surface area (Å²) in [5.41, 5.74) is -0.719. The largest absolute Gasteiger partial charge is 0.480 e. The molecule has 1 atom stereocenters. The van der Waals surface area contributed by atoms with Gasteiger partial charge in [-0.3, -0.25) is 4.79 Å². The molecule has 1 aliphatic rings. The summed E-state index contributed by atoms with van der Waals surface area (Å²) in [4.78, 5) is 11.0. The molecule has 0 bridgehead atoms. The topological polar surface area (TPSA) is 49.3 Å². The quantitative estimate of drug-likeness (QED) is 0.659. The van der Waals surface area contributed by atoms with Gasteiger partial charge in [0.1, 0.15) is 5.54 Å². The average Bonchev–Trinajstić information content (AvgIpc) is 2.88. The van der Waals surface area contributed by atoms with Crippen LogP contribution < -0.4 is 5.32 Å². The molecule has 0 aromatic heterocycles. The van der Waals surface area contributed by atoms with Crippen molar-refractivity contribution in [2.45, 2.75) is 51.5 Å². The van der Waals surface area contributed by atoms with Gasteiger partial charge in [-0.1, -0.05) is 26.2 Å². The summed E-state index contributed by atoms with van der Waals surface area (Å²) in [6.45, 7) is 4.64. The molecule has 0 aliphatic heterocycles. The van der Waals surface area contributed by atoms with Crippen molar-refractivity contribution in [2.75, 3.05) is 6.54 Å². The van der Waals surface area contributed by atoms with Gasteiger partial charge in [0.25, 0.3) is 0 Å². The monoisotopic (exact) mass is 199 g/mol. The Hall–Kier alpha value is -0.570. The van der Waals surface area contributed by atoms with Crippen molar-refractivity contribution in [3.05, 3.63) is 0 Å². The Morgan fingerprint density at radius 3 is 2.64 bits per heavy atom. The minimum absolute atomic E-state index is 0.701. The Balaban J connectivity index is 2.28. The third-order valence-corrected chi connectivity index (χ3v) is 2.99. The molecule has 0 aromatic rings. The van der Waals surface area contributed by atoms with E-state index in [0.717, 1.165) is 25.3 Å². The third kappa shape index (κ3) is 3.29. The Morgan fingerprint density at radius 2 is 2.21 bits per heavy atom. The van der Waals surface area contributed by atoms with Crippen molar-refractivity contribution in [3.63, 3.8) is 0 Å². The van der Waals surface area contributed by atoms with Crippen LogP contribution >= 0.6 is 0 Å². The zero-order valence-electron chi connectivity index (χ0n) is 9.18. The summed E-state index contributed by atoms with van der Waals surface area (Å²) in [5, 5.41) is 12.3. The first kappa shape index (κ1) is 11.5. The van der Waals surface area contributed by atoms with E-state index in [4.69, 9.17) is 5.11 Å². The van der Waals surface area contributed by atoms with Crippen LogP contribution in [0.25, 0.3) is 0 Å². The van der Waals surface area contributed by atoms with Crippen LogP contribution in [0.4, 0.5) is 0 Å². The summed E-state index contributed by atoms with van der Waals surface area (Å²) in [6.07, 6.45) is 5.40. The standard InChI is InChI=1S/C11H21NO2/c1-3-7-11(2,10(13)14)12-8-6-9-4-5-9/h9,12H,3-8H2,1-2H3,(H,13,14). The van der Waals surface area contributed by atoms with E-state index in [0.29, 0.717) is 6.42 Å². The molecule has 0 aromatic carbocycles. The van der Waals surface area contributed by atoms with E-state index in [2.05, 4.69) is 5.32 Å². The average molecular weight is 199 g/mol. The van der Waals surface area contributed by atoms with E-state index >= 15 is 0 Å². The van der Waals surface area contributed by atoms with Crippen molar-refractivity contribution in [3.8, 4) is 0 Å². The smallest absolute Gasteiger partial charge is 0.323 e.